The average molecular weight is 217 g/mol. The number of nitrogens with zero attached hydrogens (tertiary/aromatic N) is 2. The minimum absolute atomic E-state index is 0.583. The summed E-state index contributed by atoms with van der Waals surface area (Å²) < 4.78 is 0. The maximum Gasteiger partial charge on any atom is 0.140 e. The highest BCUT2D eigenvalue weighted by Gasteiger charge is 2.04. The lowest BCUT2D eigenvalue weighted by Crippen LogP contribution is -1.99. The summed E-state index contributed by atoms with van der Waals surface area (Å²) in [6, 6.07) is 0. The van der Waals surface area contributed by atoms with Crippen LogP contribution < -0.4 is 0 Å². The van der Waals surface area contributed by atoms with Crippen LogP contribution in [0.3, 0.4) is 0 Å². The van der Waals surface area contributed by atoms with Crippen LogP contribution in [0.2, 0.25) is 5.15 Å². The second-order valence-corrected chi connectivity index (χ2v) is 4.41. The minimum atomic E-state index is 0.583. The Labute approximate surface area is 88.1 Å². The summed E-state index contributed by atoms with van der Waals surface area (Å²) in [5.41, 5.74) is 1.96. The van der Waals surface area contributed by atoms with Crippen LogP contribution in [0, 0.1) is 13.8 Å². The number of hydrogen-bond donors (Lipinski definition) is 0. The predicted molar refractivity (Wildman–Crippen MR) is 58.4 cm³/mol. The van der Waals surface area contributed by atoms with Crippen LogP contribution in [0.25, 0.3) is 0 Å². The lowest BCUT2D eigenvalue weighted by Gasteiger charge is -2.04. The third kappa shape index (κ3) is 2.85. The van der Waals surface area contributed by atoms with Gasteiger partial charge in [-0.25, -0.2) is 9.97 Å². The van der Waals surface area contributed by atoms with Gasteiger partial charge in [-0.3, -0.25) is 0 Å². The third-order valence-corrected chi connectivity index (χ3v) is 3.05. The van der Waals surface area contributed by atoms with Crippen molar-refractivity contribution < 1.29 is 0 Å². The van der Waals surface area contributed by atoms with Crippen molar-refractivity contribution in [1.29, 1.82) is 0 Å². The maximum absolute atomic E-state index is 5.94. The summed E-state index contributed by atoms with van der Waals surface area (Å²) in [4.78, 5) is 8.56. The van der Waals surface area contributed by atoms with Gasteiger partial charge in [0.15, 0.2) is 0 Å². The number of aromatic nitrogens is 2. The van der Waals surface area contributed by atoms with Crippen molar-refractivity contribution in [2.45, 2.75) is 26.5 Å². The van der Waals surface area contributed by atoms with E-state index in [1.54, 1.807) is 11.8 Å². The highest BCUT2D eigenvalue weighted by molar-refractivity contribution is 7.98. The summed E-state index contributed by atoms with van der Waals surface area (Å²) in [7, 11) is 0. The number of rotatable bonds is 3. The van der Waals surface area contributed by atoms with Crippen LogP contribution in [0.15, 0.2) is 0 Å². The van der Waals surface area contributed by atoms with E-state index in [-0.39, 0.29) is 0 Å². The van der Waals surface area contributed by atoms with Gasteiger partial charge in [0.25, 0.3) is 0 Å². The van der Waals surface area contributed by atoms with Gasteiger partial charge in [0, 0.05) is 11.3 Å². The van der Waals surface area contributed by atoms with E-state index in [2.05, 4.69) is 16.9 Å². The molecule has 0 saturated carbocycles. The Balaban J connectivity index is 2.86. The van der Waals surface area contributed by atoms with Crippen molar-refractivity contribution in [3.8, 4) is 0 Å². The Morgan fingerprint density at radius 3 is 2.54 bits per heavy atom. The number of thioether (sulfide) groups is 1. The molecule has 0 aromatic carbocycles. The van der Waals surface area contributed by atoms with Crippen LogP contribution >= 0.6 is 23.4 Å². The molecule has 0 spiro atoms. The Hall–Kier alpha value is -0.280. The molecule has 0 radical (unpaired) electrons. The van der Waals surface area contributed by atoms with Gasteiger partial charge in [-0.1, -0.05) is 18.5 Å². The molecular formula is C9H13ClN2S. The van der Waals surface area contributed by atoms with E-state index >= 15 is 0 Å². The SMILES string of the molecule is CCSCc1nc(C)c(C)c(Cl)n1. The smallest absolute Gasteiger partial charge is 0.140 e. The average Bonchev–Trinajstić information content (AvgIpc) is 2.10. The fraction of sp³-hybridized carbons (Fsp3) is 0.556. The zero-order valence-corrected chi connectivity index (χ0v) is 9.67. The van der Waals surface area contributed by atoms with E-state index in [0.29, 0.717) is 5.15 Å². The molecule has 0 fully saturated rings. The van der Waals surface area contributed by atoms with E-state index in [4.69, 9.17) is 11.6 Å². The summed E-state index contributed by atoms with van der Waals surface area (Å²) in [5.74, 6) is 2.76. The van der Waals surface area contributed by atoms with Crippen molar-refractivity contribution in [2.75, 3.05) is 5.75 Å². The van der Waals surface area contributed by atoms with Crippen LogP contribution in [0.5, 0.6) is 0 Å². The third-order valence-electron chi connectivity index (χ3n) is 1.81. The molecule has 2 nitrogen and oxygen atoms in total. The van der Waals surface area contributed by atoms with Crippen molar-refractivity contribution >= 4 is 23.4 Å². The molecular weight excluding hydrogens is 204 g/mol. The molecule has 0 atom stereocenters. The van der Waals surface area contributed by atoms with Gasteiger partial charge in [0.2, 0.25) is 0 Å². The van der Waals surface area contributed by atoms with Crippen molar-refractivity contribution in [2.24, 2.45) is 0 Å². The van der Waals surface area contributed by atoms with Gasteiger partial charge in [-0.2, -0.15) is 11.8 Å². The normalized spacial score (nSPS) is 10.5. The first-order valence-corrected chi connectivity index (χ1v) is 5.75. The fourth-order valence-corrected chi connectivity index (χ4v) is 1.66. The highest BCUT2D eigenvalue weighted by atomic mass is 35.5. The molecule has 1 aromatic rings. The lowest BCUT2D eigenvalue weighted by atomic mass is 10.3. The predicted octanol–water partition coefficient (Wildman–Crippen LogP) is 3.00. The molecule has 1 aromatic heterocycles. The molecule has 72 valence electrons. The first kappa shape index (κ1) is 10.8. The van der Waals surface area contributed by atoms with Gasteiger partial charge in [-0.15, -0.1) is 0 Å². The molecule has 0 amide bonds. The van der Waals surface area contributed by atoms with E-state index in [1.807, 2.05) is 13.8 Å². The summed E-state index contributed by atoms with van der Waals surface area (Å²) >= 11 is 7.74. The Bertz CT molecular complexity index is 279. The summed E-state index contributed by atoms with van der Waals surface area (Å²) in [6.45, 7) is 6.02. The van der Waals surface area contributed by atoms with Crippen LogP contribution in [0.1, 0.15) is 24.0 Å². The zero-order valence-electron chi connectivity index (χ0n) is 8.09. The molecule has 1 rings (SSSR count). The fourth-order valence-electron chi connectivity index (χ4n) is 0.907. The standard InChI is InChI=1S/C9H13ClN2S/c1-4-13-5-8-11-7(3)6(2)9(10)12-8/h4-5H2,1-3H3. The molecule has 4 heteroatoms. The highest BCUT2D eigenvalue weighted by Crippen LogP contribution is 2.16. The molecule has 0 saturated heterocycles. The first-order chi connectivity index (χ1) is 6.15. The lowest BCUT2D eigenvalue weighted by molar-refractivity contribution is 0.973. The van der Waals surface area contributed by atoms with Gasteiger partial charge in [0.05, 0.1) is 5.75 Å². The van der Waals surface area contributed by atoms with Crippen LogP contribution in [-0.2, 0) is 5.75 Å². The van der Waals surface area contributed by atoms with Crippen molar-refractivity contribution in [3.05, 3.63) is 22.2 Å². The van der Waals surface area contributed by atoms with Gasteiger partial charge in [-0.05, 0) is 19.6 Å². The monoisotopic (exact) mass is 216 g/mol. The van der Waals surface area contributed by atoms with Crippen molar-refractivity contribution in [3.63, 3.8) is 0 Å². The molecule has 0 aliphatic rings. The van der Waals surface area contributed by atoms with Crippen LogP contribution in [-0.4, -0.2) is 15.7 Å². The van der Waals surface area contributed by atoms with E-state index < -0.39 is 0 Å². The Morgan fingerprint density at radius 1 is 1.31 bits per heavy atom. The number of hydrogen-bond acceptors (Lipinski definition) is 3. The summed E-state index contributed by atoms with van der Waals surface area (Å²) in [6.07, 6.45) is 0. The molecule has 0 aliphatic heterocycles. The number of aryl methyl sites for hydroxylation is 1. The molecule has 0 bridgehead atoms. The Kier molecular flexibility index (Phi) is 4.00. The van der Waals surface area contributed by atoms with E-state index in [1.165, 1.54) is 0 Å². The molecule has 0 unspecified atom stereocenters. The zero-order chi connectivity index (χ0) is 9.84. The molecule has 0 aliphatic carbocycles. The summed E-state index contributed by atoms with van der Waals surface area (Å²) in [5, 5.41) is 0.583. The quantitative estimate of drug-likeness (QED) is 0.727. The topological polar surface area (TPSA) is 25.8 Å². The second-order valence-electron chi connectivity index (χ2n) is 2.78. The molecule has 13 heavy (non-hydrogen) atoms. The largest absolute Gasteiger partial charge is 0.237 e. The van der Waals surface area contributed by atoms with Crippen molar-refractivity contribution in [1.82, 2.24) is 9.97 Å². The number of halogens is 1. The first-order valence-electron chi connectivity index (χ1n) is 4.22. The van der Waals surface area contributed by atoms with E-state index in [0.717, 1.165) is 28.6 Å². The van der Waals surface area contributed by atoms with Gasteiger partial charge in [0.1, 0.15) is 11.0 Å². The molecule has 0 N–H and O–H groups in total. The van der Waals surface area contributed by atoms with Gasteiger partial charge < -0.3 is 0 Å². The van der Waals surface area contributed by atoms with Gasteiger partial charge >= 0.3 is 0 Å². The van der Waals surface area contributed by atoms with E-state index in [9.17, 15) is 0 Å². The maximum atomic E-state index is 5.94. The molecule has 1 heterocycles. The second kappa shape index (κ2) is 4.82. The Morgan fingerprint density at radius 2 is 2.00 bits per heavy atom. The van der Waals surface area contributed by atoms with Crippen LogP contribution in [0.4, 0.5) is 0 Å². The minimum Gasteiger partial charge on any atom is -0.237 e.